The first kappa shape index (κ1) is 18.5. The van der Waals surface area contributed by atoms with Gasteiger partial charge in [0.1, 0.15) is 11.4 Å². The third-order valence-electron chi connectivity index (χ3n) is 4.81. The Labute approximate surface area is 168 Å². The second kappa shape index (κ2) is 7.64. The molecule has 1 amide bonds. The van der Waals surface area contributed by atoms with Gasteiger partial charge in [-0.2, -0.15) is 0 Å². The summed E-state index contributed by atoms with van der Waals surface area (Å²) in [4.78, 5) is 25.9. The van der Waals surface area contributed by atoms with Crippen molar-refractivity contribution in [2.24, 2.45) is 0 Å². The van der Waals surface area contributed by atoms with Gasteiger partial charge in [0.25, 0.3) is 11.7 Å². The lowest BCUT2D eigenvalue weighted by molar-refractivity contribution is -0.112. The van der Waals surface area contributed by atoms with Crippen molar-refractivity contribution in [3.05, 3.63) is 90.3 Å². The van der Waals surface area contributed by atoms with Gasteiger partial charge in [-0.1, -0.05) is 35.9 Å². The van der Waals surface area contributed by atoms with Gasteiger partial charge in [0.05, 0.1) is 7.11 Å². The van der Waals surface area contributed by atoms with E-state index in [9.17, 15) is 9.59 Å². The van der Waals surface area contributed by atoms with E-state index in [4.69, 9.17) is 4.74 Å². The lowest BCUT2D eigenvalue weighted by Gasteiger charge is -2.08. The van der Waals surface area contributed by atoms with E-state index in [-0.39, 0.29) is 0 Å². The molecule has 1 N–H and O–H groups in total. The number of aromatic nitrogens is 1. The number of Topliss-reactive ketones (excluding diaryl/α,β-unsaturated/α-hetero) is 1. The van der Waals surface area contributed by atoms with Gasteiger partial charge < -0.3 is 14.5 Å². The molecule has 2 aromatic heterocycles. The Hall–Kier alpha value is -3.86. The number of carbonyl (C=O) groups is 2. The molecule has 0 fully saturated rings. The van der Waals surface area contributed by atoms with Gasteiger partial charge >= 0.3 is 0 Å². The molecule has 2 heterocycles. The average Bonchev–Trinajstić information content (AvgIpc) is 3.14. The molecule has 5 heteroatoms. The number of hydrogen-bond donors (Lipinski definition) is 1. The second-order valence-corrected chi connectivity index (χ2v) is 6.78. The number of ketones is 1. The van der Waals surface area contributed by atoms with Gasteiger partial charge in [-0.15, -0.1) is 0 Å². The molecule has 0 saturated heterocycles. The van der Waals surface area contributed by atoms with E-state index in [2.05, 4.69) is 5.32 Å². The molecule has 4 rings (SSSR count). The van der Waals surface area contributed by atoms with Crippen LogP contribution in [-0.2, 0) is 4.79 Å². The van der Waals surface area contributed by atoms with E-state index in [0.717, 1.165) is 22.4 Å². The molecule has 4 aromatic rings. The highest BCUT2D eigenvalue weighted by molar-refractivity contribution is 6.47. The molecule has 0 saturated carbocycles. The minimum atomic E-state index is -0.674. The Balaban J connectivity index is 1.75. The molecule has 0 aliphatic heterocycles. The van der Waals surface area contributed by atoms with E-state index in [1.54, 1.807) is 29.8 Å². The van der Waals surface area contributed by atoms with E-state index >= 15 is 0 Å². The molecular weight excluding hydrogens is 364 g/mol. The lowest BCUT2D eigenvalue weighted by atomic mass is 10.0. The summed E-state index contributed by atoms with van der Waals surface area (Å²) in [6.07, 6.45) is 1.79. The molecule has 2 aromatic carbocycles. The molecule has 0 radical (unpaired) electrons. The first-order chi connectivity index (χ1) is 14.1. The number of nitrogens with one attached hydrogen (secondary N) is 1. The number of pyridine rings is 1. The van der Waals surface area contributed by atoms with Gasteiger partial charge in [0.2, 0.25) is 0 Å². The standard InChI is InChI=1S/C24H20N2O3/c1-16-6-10-18(11-7-16)25-24(28)23(27)22-21(15-19-5-3-4-14-26(19)22)17-8-12-20(29-2)13-9-17/h3-15H,1-2H3,(H,25,28). The predicted molar refractivity (Wildman–Crippen MR) is 114 cm³/mol. The van der Waals surface area contributed by atoms with Crippen LogP contribution in [0.2, 0.25) is 0 Å². The van der Waals surface area contributed by atoms with Crippen LogP contribution >= 0.6 is 0 Å². The fourth-order valence-electron chi connectivity index (χ4n) is 3.28. The minimum absolute atomic E-state index is 0.329. The van der Waals surface area contributed by atoms with E-state index in [1.165, 1.54) is 0 Å². The highest BCUT2D eigenvalue weighted by atomic mass is 16.5. The third kappa shape index (κ3) is 3.62. The van der Waals surface area contributed by atoms with Crippen LogP contribution in [0.3, 0.4) is 0 Å². The summed E-state index contributed by atoms with van der Waals surface area (Å²) in [5.41, 5.74) is 4.36. The van der Waals surface area contributed by atoms with Crippen LogP contribution < -0.4 is 10.1 Å². The van der Waals surface area contributed by atoms with Crippen molar-refractivity contribution < 1.29 is 14.3 Å². The van der Waals surface area contributed by atoms with Crippen LogP contribution in [-0.4, -0.2) is 23.2 Å². The Bertz CT molecular complexity index is 1190. The third-order valence-corrected chi connectivity index (χ3v) is 4.81. The monoisotopic (exact) mass is 384 g/mol. The largest absolute Gasteiger partial charge is 0.497 e. The fourth-order valence-corrected chi connectivity index (χ4v) is 3.28. The zero-order valence-corrected chi connectivity index (χ0v) is 16.2. The first-order valence-corrected chi connectivity index (χ1v) is 9.23. The summed E-state index contributed by atoms with van der Waals surface area (Å²) in [5.74, 6) is -0.544. The fraction of sp³-hybridized carbons (Fsp3) is 0.0833. The molecule has 0 spiro atoms. The number of carbonyl (C=O) groups excluding carboxylic acids is 2. The summed E-state index contributed by atoms with van der Waals surface area (Å²) >= 11 is 0. The zero-order valence-electron chi connectivity index (χ0n) is 16.2. The molecule has 0 atom stereocenters. The molecule has 0 aliphatic carbocycles. The number of fused-ring (bicyclic) bond motifs is 1. The summed E-state index contributed by atoms with van der Waals surface area (Å²) in [6, 6.07) is 22.3. The lowest BCUT2D eigenvalue weighted by Crippen LogP contribution is -2.24. The summed E-state index contributed by atoms with van der Waals surface area (Å²) in [6.45, 7) is 1.96. The average molecular weight is 384 g/mol. The normalized spacial score (nSPS) is 10.7. The number of nitrogens with zero attached hydrogens (tertiary/aromatic N) is 1. The van der Waals surface area contributed by atoms with Crippen molar-refractivity contribution in [3.8, 4) is 16.9 Å². The molecule has 0 bridgehead atoms. The number of methoxy groups -OCH3 is 1. The van der Waals surface area contributed by atoms with Gasteiger partial charge in [-0.25, -0.2) is 0 Å². The van der Waals surface area contributed by atoms with E-state index in [0.29, 0.717) is 16.9 Å². The smallest absolute Gasteiger partial charge is 0.298 e. The Morgan fingerprint density at radius 1 is 0.931 bits per heavy atom. The van der Waals surface area contributed by atoms with Crippen molar-refractivity contribution >= 4 is 22.9 Å². The van der Waals surface area contributed by atoms with Crippen LogP contribution in [0.25, 0.3) is 16.6 Å². The molecule has 29 heavy (non-hydrogen) atoms. The first-order valence-electron chi connectivity index (χ1n) is 9.23. The maximum Gasteiger partial charge on any atom is 0.298 e. The second-order valence-electron chi connectivity index (χ2n) is 6.78. The highest BCUT2D eigenvalue weighted by Gasteiger charge is 2.24. The van der Waals surface area contributed by atoms with Gasteiger partial charge in [-0.05, 0) is 55.0 Å². The van der Waals surface area contributed by atoms with Gasteiger partial charge in [-0.3, -0.25) is 9.59 Å². The van der Waals surface area contributed by atoms with Crippen molar-refractivity contribution in [3.63, 3.8) is 0 Å². The zero-order chi connectivity index (χ0) is 20.4. The van der Waals surface area contributed by atoms with Gasteiger partial charge in [0.15, 0.2) is 0 Å². The number of rotatable bonds is 5. The van der Waals surface area contributed by atoms with E-state index in [1.807, 2.05) is 67.6 Å². The molecule has 0 aliphatic rings. The topological polar surface area (TPSA) is 59.8 Å². The van der Waals surface area contributed by atoms with Crippen LogP contribution in [0.4, 0.5) is 5.69 Å². The van der Waals surface area contributed by atoms with E-state index < -0.39 is 11.7 Å². The molecule has 0 unspecified atom stereocenters. The molecule has 5 nitrogen and oxygen atoms in total. The quantitative estimate of drug-likeness (QED) is 0.399. The van der Waals surface area contributed by atoms with Crippen LogP contribution in [0.5, 0.6) is 5.75 Å². The summed E-state index contributed by atoms with van der Waals surface area (Å²) in [7, 11) is 1.60. The minimum Gasteiger partial charge on any atom is -0.497 e. The van der Waals surface area contributed by atoms with Crippen molar-refractivity contribution in [2.45, 2.75) is 6.92 Å². The molecule has 144 valence electrons. The van der Waals surface area contributed by atoms with Crippen LogP contribution in [0, 0.1) is 6.92 Å². The summed E-state index contributed by atoms with van der Waals surface area (Å²) < 4.78 is 6.97. The van der Waals surface area contributed by atoms with Crippen molar-refractivity contribution in [1.82, 2.24) is 4.40 Å². The maximum absolute atomic E-state index is 13.2. The number of hydrogen-bond acceptors (Lipinski definition) is 3. The number of aryl methyl sites for hydroxylation is 1. The Morgan fingerprint density at radius 3 is 2.34 bits per heavy atom. The van der Waals surface area contributed by atoms with Gasteiger partial charge in [0, 0.05) is 23.0 Å². The number of benzene rings is 2. The van der Waals surface area contributed by atoms with Crippen LogP contribution in [0.1, 0.15) is 16.1 Å². The van der Waals surface area contributed by atoms with Crippen molar-refractivity contribution in [1.29, 1.82) is 0 Å². The SMILES string of the molecule is COc1ccc(-c2cc3ccccn3c2C(=O)C(=O)Nc2ccc(C)cc2)cc1. The maximum atomic E-state index is 13.2. The summed E-state index contributed by atoms with van der Waals surface area (Å²) in [5, 5.41) is 2.70. The predicted octanol–water partition coefficient (Wildman–Crippen LogP) is 4.74. The molecular formula is C24H20N2O3. The Morgan fingerprint density at radius 2 is 1.66 bits per heavy atom. The Kier molecular flexibility index (Phi) is 4.87. The van der Waals surface area contributed by atoms with Crippen molar-refractivity contribution in [2.75, 3.05) is 12.4 Å². The number of amides is 1. The highest BCUT2D eigenvalue weighted by Crippen LogP contribution is 2.30. The number of anilines is 1. The number of ether oxygens (including phenoxy) is 1. The van der Waals surface area contributed by atoms with Crippen LogP contribution in [0.15, 0.2) is 79.0 Å².